The molecule has 0 rings (SSSR count). The van der Waals surface area contributed by atoms with Gasteiger partial charge < -0.3 is 33.8 Å². The molecule has 3 N–H and O–H groups in total. The Morgan fingerprint density at radius 3 is 0.778 bits per heavy atom. The summed E-state index contributed by atoms with van der Waals surface area (Å²) in [6.07, 6.45) is 92.4. The molecule has 108 heavy (non-hydrogen) atoms. The normalized spacial score (nSPS) is 14.5. The molecule has 0 aliphatic rings. The minimum Gasteiger partial charge on any atom is -0.462 e. The highest BCUT2D eigenvalue weighted by Crippen LogP contribution is 2.45. The first-order valence-electron chi connectivity index (χ1n) is 42.1. The SMILES string of the molecule is CC/C=C\C/C=C\C/C=C\C/C=C\CCCCCCCCC(=O)OCC(COP(=O)(O)OCC(O)COP(=O)(O)OCC(COC(=O)CCCCCCCC/C=C\C/C=C\C/C=C\C/C=C\CC)OC(=O)CCCCCCCC/C=C\C/C=C\C/C=C\CCCCC)OC(=O)CCCCCCC/C=C\CCCC. The number of aliphatic hydroxyl groups excluding tert-OH is 1. The van der Waals surface area contributed by atoms with Crippen molar-refractivity contribution in [3.63, 3.8) is 0 Å². The fourth-order valence-electron chi connectivity index (χ4n) is 10.9. The van der Waals surface area contributed by atoms with Crippen LogP contribution in [-0.4, -0.2) is 96.7 Å². The zero-order chi connectivity index (χ0) is 78.9. The Morgan fingerprint density at radius 1 is 0.269 bits per heavy atom. The molecule has 0 radical (unpaired) electrons. The fraction of sp³-hybridized carbons (Fsp3) is 0.685. The lowest BCUT2D eigenvalue weighted by molar-refractivity contribution is -0.161. The largest absolute Gasteiger partial charge is 0.472 e. The summed E-state index contributed by atoms with van der Waals surface area (Å²) in [6.45, 7) is 4.55. The van der Waals surface area contributed by atoms with E-state index in [1.54, 1.807) is 0 Å². The van der Waals surface area contributed by atoms with Gasteiger partial charge in [0.1, 0.15) is 19.3 Å². The average molecular weight is 1550 g/mol. The zero-order valence-electron chi connectivity index (χ0n) is 67.7. The number of hydrogen-bond acceptors (Lipinski definition) is 15. The van der Waals surface area contributed by atoms with Gasteiger partial charge in [0.2, 0.25) is 0 Å². The standard InChI is InChI=1S/C89H150O17P2/c1-5-9-13-17-21-25-29-32-35-38-41-44-47-50-54-57-61-65-69-73-86(91)99-79-84(105-88(93)75-71-67-63-59-53-28-24-20-16-12-8-4)81-103-107(95,96)101-77-83(90)78-102-108(97,98)104-82-85(106-89(94)76-72-68-64-60-56-52-49-46-43-40-37-34-31-27-23-19-15-11-7-3)80-100-87(92)74-70-66-62-58-55-51-48-45-42-39-36-33-30-26-22-18-14-10-6-2/h9-10,13-14,20-27,32-37,41-46,83-85,90H,5-8,11-12,15-19,28-31,38-40,47-82H2,1-4H3,(H,95,96)(H,97,98)/b13-9-,14-10-,24-20-,25-21-,26-22-,27-23-,35-32-,36-33-,37-34-,44-41-,45-42-,46-43-. The number of esters is 4. The van der Waals surface area contributed by atoms with Crippen molar-refractivity contribution in [2.75, 3.05) is 39.6 Å². The number of unbranched alkanes of at least 4 members (excludes halogenated alkanes) is 28. The van der Waals surface area contributed by atoms with Crippen molar-refractivity contribution in [1.82, 2.24) is 0 Å². The van der Waals surface area contributed by atoms with Crippen molar-refractivity contribution >= 4 is 39.5 Å². The summed E-state index contributed by atoms with van der Waals surface area (Å²) >= 11 is 0. The van der Waals surface area contributed by atoms with E-state index in [0.29, 0.717) is 25.7 Å². The molecule has 5 unspecified atom stereocenters. The highest BCUT2D eigenvalue weighted by atomic mass is 31.2. The Morgan fingerprint density at radius 2 is 0.491 bits per heavy atom. The number of rotatable bonds is 78. The zero-order valence-corrected chi connectivity index (χ0v) is 69.5. The monoisotopic (exact) mass is 1550 g/mol. The topological polar surface area (TPSA) is 237 Å². The molecule has 0 heterocycles. The Bertz CT molecular complexity index is 2610. The number of ether oxygens (including phenoxy) is 4. The third kappa shape index (κ3) is 79.0. The van der Waals surface area contributed by atoms with Crippen molar-refractivity contribution in [2.24, 2.45) is 0 Å². The summed E-state index contributed by atoms with van der Waals surface area (Å²) in [4.78, 5) is 73.2. The minimum absolute atomic E-state index is 0.0733. The molecule has 0 aliphatic heterocycles. The lowest BCUT2D eigenvalue weighted by atomic mass is 10.1. The van der Waals surface area contributed by atoms with Gasteiger partial charge in [-0.05, 0) is 161 Å². The summed E-state index contributed by atoms with van der Waals surface area (Å²) in [5.41, 5.74) is 0. The Labute approximate surface area is 656 Å². The molecule has 0 aromatic heterocycles. The predicted octanol–water partition coefficient (Wildman–Crippen LogP) is 25.0. The van der Waals surface area contributed by atoms with E-state index in [1.807, 2.05) is 0 Å². The lowest BCUT2D eigenvalue weighted by Gasteiger charge is -2.21. The van der Waals surface area contributed by atoms with Crippen LogP contribution < -0.4 is 0 Å². The van der Waals surface area contributed by atoms with E-state index in [1.165, 1.54) is 32.1 Å². The fourth-order valence-corrected chi connectivity index (χ4v) is 12.5. The first kappa shape index (κ1) is 103. The second-order valence-corrected chi connectivity index (χ2v) is 30.6. The van der Waals surface area contributed by atoms with E-state index in [9.17, 15) is 43.2 Å². The van der Waals surface area contributed by atoms with Gasteiger partial charge in [-0.1, -0.05) is 296 Å². The van der Waals surface area contributed by atoms with Crippen LogP contribution in [0.4, 0.5) is 0 Å². The van der Waals surface area contributed by atoms with E-state index < -0.39 is 97.5 Å². The summed E-state index contributed by atoms with van der Waals surface area (Å²) in [6, 6.07) is 0. The van der Waals surface area contributed by atoms with Gasteiger partial charge in [-0.15, -0.1) is 0 Å². The molecule has 618 valence electrons. The molecular formula is C89H150O17P2. The van der Waals surface area contributed by atoms with E-state index >= 15 is 0 Å². The maximum Gasteiger partial charge on any atom is 0.472 e. The molecule has 0 aromatic carbocycles. The van der Waals surface area contributed by atoms with Crippen LogP contribution in [0.25, 0.3) is 0 Å². The molecule has 0 bridgehead atoms. The van der Waals surface area contributed by atoms with E-state index in [2.05, 4.69) is 174 Å². The molecule has 0 saturated heterocycles. The second-order valence-electron chi connectivity index (χ2n) is 27.6. The summed E-state index contributed by atoms with van der Waals surface area (Å²) in [7, 11) is -9.98. The van der Waals surface area contributed by atoms with Crippen LogP contribution in [0.15, 0.2) is 146 Å². The Hall–Kier alpha value is -5.06. The van der Waals surface area contributed by atoms with Crippen molar-refractivity contribution in [1.29, 1.82) is 0 Å². The number of hydrogen-bond donors (Lipinski definition) is 3. The first-order chi connectivity index (χ1) is 52.7. The smallest absolute Gasteiger partial charge is 0.462 e. The predicted molar refractivity (Wildman–Crippen MR) is 445 cm³/mol. The van der Waals surface area contributed by atoms with Crippen LogP contribution in [0.2, 0.25) is 0 Å². The van der Waals surface area contributed by atoms with Gasteiger partial charge in [0.05, 0.1) is 26.4 Å². The highest BCUT2D eigenvalue weighted by molar-refractivity contribution is 7.47. The Kier molecular flexibility index (Phi) is 76.3. The molecule has 0 amide bonds. The van der Waals surface area contributed by atoms with Crippen LogP contribution in [0.5, 0.6) is 0 Å². The molecule has 5 atom stereocenters. The van der Waals surface area contributed by atoms with Crippen molar-refractivity contribution < 1.29 is 80.2 Å². The van der Waals surface area contributed by atoms with Gasteiger partial charge >= 0.3 is 39.5 Å². The molecule has 0 fully saturated rings. The second kappa shape index (κ2) is 80.0. The van der Waals surface area contributed by atoms with Gasteiger partial charge in [0, 0.05) is 25.7 Å². The third-order valence-corrected chi connectivity index (χ3v) is 19.2. The Balaban J connectivity index is 5.37. The van der Waals surface area contributed by atoms with Gasteiger partial charge in [-0.25, -0.2) is 9.13 Å². The number of phosphoric ester groups is 2. The van der Waals surface area contributed by atoms with Gasteiger partial charge in [-0.2, -0.15) is 0 Å². The number of carbonyl (C=O) groups excluding carboxylic acids is 4. The van der Waals surface area contributed by atoms with E-state index in [4.69, 9.17) is 37.0 Å². The number of aliphatic hydroxyl groups is 1. The quantitative estimate of drug-likeness (QED) is 0.0169. The van der Waals surface area contributed by atoms with Crippen LogP contribution in [0.3, 0.4) is 0 Å². The lowest BCUT2D eigenvalue weighted by Crippen LogP contribution is -2.30. The van der Waals surface area contributed by atoms with Gasteiger partial charge in [0.15, 0.2) is 12.2 Å². The van der Waals surface area contributed by atoms with E-state index in [-0.39, 0.29) is 25.7 Å². The molecule has 17 nitrogen and oxygen atoms in total. The first-order valence-corrected chi connectivity index (χ1v) is 45.1. The average Bonchev–Trinajstić information content (AvgIpc) is 0.899. The number of carbonyl (C=O) groups is 4. The highest BCUT2D eigenvalue weighted by Gasteiger charge is 2.30. The van der Waals surface area contributed by atoms with Gasteiger partial charge in [-0.3, -0.25) is 37.3 Å². The van der Waals surface area contributed by atoms with Crippen LogP contribution in [0.1, 0.15) is 336 Å². The number of phosphoric acid groups is 2. The van der Waals surface area contributed by atoms with Crippen molar-refractivity contribution in [3.8, 4) is 0 Å². The third-order valence-electron chi connectivity index (χ3n) is 17.3. The molecule has 0 saturated carbocycles. The van der Waals surface area contributed by atoms with E-state index in [0.717, 1.165) is 225 Å². The maximum atomic E-state index is 13.1. The summed E-state index contributed by atoms with van der Waals surface area (Å²) in [5, 5.41) is 10.7. The molecule has 0 aliphatic carbocycles. The maximum absolute atomic E-state index is 13.1. The molecular weight excluding hydrogens is 1400 g/mol. The molecule has 19 heteroatoms. The van der Waals surface area contributed by atoms with Crippen LogP contribution in [0, 0.1) is 0 Å². The molecule has 0 spiro atoms. The van der Waals surface area contributed by atoms with Crippen molar-refractivity contribution in [3.05, 3.63) is 146 Å². The summed E-state index contributed by atoms with van der Waals surface area (Å²) in [5.74, 6) is -2.23. The molecule has 0 aromatic rings. The number of allylic oxidation sites excluding steroid dienone is 24. The van der Waals surface area contributed by atoms with Crippen LogP contribution >= 0.6 is 15.6 Å². The van der Waals surface area contributed by atoms with Gasteiger partial charge in [0.25, 0.3) is 0 Å². The van der Waals surface area contributed by atoms with Crippen LogP contribution in [-0.2, 0) is 65.4 Å². The van der Waals surface area contributed by atoms with Crippen molar-refractivity contribution in [2.45, 2.75) is 354 Å². The summed E-state index contributed by atoms with van der Waals surface area (Å²) < 4.78 is 68.7. The minimum atomic E-state index is -4.99.